The molecule has 5 nitrogen and oxygen atoms in total. The summed E-state index contributed by atoms with van der Waals surface area (Å²) in [5.41, 5.74) is 4.12. The Morgan fingerprint density at radius 3 is 2.68 bits per heavy atom. The van der Waals surface area contributed by atoms with Gasteiger partial charge < -0.3 is 5.32 Å². The Kier molecular flexibility index (Phi) is 3.98. The van der Waals surface area contributed by atoms with Crippen LogP contribution in [0.5, 0.6) is 0 Å². The van der Waals surface area contributed by atoms with Gasteiger partial charge in [0.05, 0.1) is 0 Å². The predicted molar refractivity (Wildman–Crippen MR) is 84.8 cm³/mol. The van der Waals surface area contributed by atoms with Gasteiger partial charge in [0.2, 0.25) is 0 Å². The van der Waals surface area contributed by atoms with Crippen molar-refractivity contribution >= 4 is 22.4 Å². The fourth-order valence-corrected chi connectivity index (χ4v) is 2.31. The molecule has 3 N–H and O–H groups in total. The number of nitrogens with zero attached hydrogens (tertiary/aromatic N) is 1. The van der Waals surface area contributed by atoms with Crippen molar-refractivity contribution in [3.8, 4) is 0 Å². The lowest BCUT2D eigenvalue weighted by molar-refractivity contribution is 0.0706. The second-order valence-corrected chi connectivity index (χ2v) is 4.89. The lowest BCUT2D eigenvalue weighted by atomic mass is 10.1. The highest BCUT2D eigenvalue weighted by Gasteiger charge is 2.04. The molecule has 2 aromatic carbocycles. The van der Waals surface area contributed by atoms with Crippen LogP contribution in [0, 0.1) is 0 Å². The van der Waals surface area contributed by atoms with E-state index in [1.54, 1.807) is 23.8 Å². The minimum atomic E-state index is -0.513. The molecule has 1 amide bonds. The standard InChI is InChI=1S/C17H15N3O2/c21-17(20-22)13-6-4-12(5-7-13)10-19-16-3-1-2-14-11-18-9-8-15(14)16/h1-9,11,19,22H,10H2,(H,20,21). The summed E-state index contributed by atoms with van der Waals surface area (Å²) in [7, 11) is 0. The number of amides is 1. The number of hydroxylamine groups is 1. The first-order chi connectivity index (χ1) is 10.8. The fourth-order valence-electron chi connectivity index (χ4n) is 2.31. The van der Waals surface area contributed by atoms with Crippen LogP contribution in [0.25, 0.3) is 10.8 Å². The van der Waals surface area contributed by atoms with E-state index >= 15 is 0 Å². The first-order valence-corrected chi connectivity index (χ1v) is 6.88. The van der Waals surface area contributed by atoms with Crippen molar-refractivity contribution in [3.63, 3.8) is 0 Å². The molecular weight excluding hydrogens is 278 g/mol. The maximum absolute atomic E-state index is 11.3. The van der Waals surface area contributed by atoms with Crippen LogP contribution in [0.1, 0.15) is 15.9 Å². The normalized spacial score (nSPS) is 10.4. The van der Waals surface area contributed by atoms with Gasteiger partial charge in [-0.15, -0.1) is 0 Å². The topological polar surface area (TPSA) is 74.2 Å². The molecule has 1 heterocycles. The highest BCUT2D eigenvalue weighted by Crippen LogP contribution is 2.22. The summed E-state index contributed by atoms with van der Waals surface area (Å²) in [6.45, 7) is 0.641. The van der Waals surface area contributed by atoms with Crippen LogP contribution in [0.2, 0.25) is 0 Å². The summed E-state index contributed by atoms with van der Waals surface area (Å²) in [5, 5.41) is 14.2. The van der Waals surface area contributed by atoms with E-state index in [4.69, 9.17) is 5.21 Å². The van der Waals surface area contributed by atoms with Crippen LogP contribution in [-0.4, -0.2) is 16.1 Å². The molecule has 0 radical (unpaired) electrons. The van der Waals surface area contributed by atoms with E-state index in [9.17, 15) is 4.79 Å². The van der Waals surface area contributed by atoms with Gasteiger partial charge in [0.1, 0.15) is 0 Å². The molecule has 0 saturated heterocycles. The largest absolute Gasteiger partial charge is 0.380 e. The van der Waals surface area contributed by atoms with Gasteiger partial charge in [-0.25, -0.2) is 5.48 Å². The van der Waals surface area contributed by atoms with Crippen LogP contribution in [0.4, 0.5) is 5.69 Å². The average molecular weight is 293 g/mol. The van der Waals surface area contributed by atoms with Crippen molar-refractivity contribution in [2.75, 3.05) is 5.32 Å². The summed E-state index contributed by atoms with van der Waals surface area (Å²) in [6.07, 6.45) is 3.61. The average Bonchev–Trinajstić information content (AvgIpc) is 2.59. The highest BCUT2D eigenvalue weighted by molar-refractivity contribution is 5.94. The number of nitrogens with one attached hydrogen (secondary N) is 2. The van der Waals surface area contributed by atoms with Crippen molar-refractivity contribution in [2.24, 2.45) is 0 Å². The molecule has 0 fully saturated rings. The van der Waals surface area contributed by atoms with E-state index in [2.05, 4.69) is 10.3 Å². The molecule has 0 bridgehead atoms. The number of fused-ring (bicyclic) bond motifs is 1. The van der Waals surface area contributed by atoms with Gasteiger partial charge in [-0.05, 0) is 29.8 Å². The number of hydrogen-bond donors (Lipinski definition) is 3. The van der Waals surface area contributed by atoms with Crippen LogP contribution in [-0.2, 0) is 6.54 Å². The van der Waals surface area contributed by atoms with E-state index in [1.807, 2.05) is 42.6 Å². The fraction of sp³-hybridized carbons (Fsp3) is 0.0588. The van der Waals surface area contributed by atoms with Crippen LogP contribution in [0.3, 0.4) is 0 Å². The molecule has 3 aromatic rings. The minimum absolute atomic E-state index is 0.419. The van der Waals surface area contributed by atoms with Crippen LogP contribution >= 0.6 is 0 Å². The van der Waals surface area contributed by atoms with Gasteiger partial charge in [0.15, 0.2) is 0 Å². The van der Waals surface area contributed by atoms with Gasteiger partial charge in [-0.3, -0.25) is 15.0 Å². The lowest BCUT2D eigenvalue weighted by Crippen LogP contribution is -2.18. The summed E-state index contributed by atoms with van der Waals surface area (Å²) >= 11 is 0. The third kappa shape index (κ3) is 2.89. The van der Waals surface area contributed by atoms with E-state index < -0.39 is 5.91 Å². The van der Waals surface area contributed by atoms with Gasteiger partial charge in [0.25, 0.3) is 5.91 Å². The summed E-state index contributed by atoms with van der Waals surface area (Å²) in [6, 6.07) is 15.1. The van der Waals surface area contributed by atoms with E-state index in [-0.39, 0.29) is 0 Å². The minimum Gasteiger partial charge on any atom is -0.380 e. The molecule has 0 unspecified atom stereocenters. The van der Waals surface area contributed by atoms with Crippen molar-refractivity contribution in [3.05, 3.63) is 72.1 Å². The third-order valence-corrected chi connectivity index (χ3v) is 3.48. The molecule has 22 heavy (non-hydrogen) atoms. The van der Waals surface area contributed by atoms with Crippen molar-refractivity contribution in [1.29, 1.82) is 0 Å². The zero-order valence-corrected chi connectivity index (χ0v) is 11.8. The molecular formula is C17H15N3O2. The summed E-state index contributed by atoms with van der Waals surface area (Å²) in [5.74, 6) is -0.513. The molecule has 110 valence electrons. The first kappa shape index (κ1) is 14.0. The molecule has 0 aliphatic carbocycles. The Labute approximate surface area is 127 Å². The number of pyridine rings is 1. The number of aromatic nitrogens is 1. The smallest absolute Gasteiger partial charge is 0.274 e. The molecule has 0 atom stereocenters. The second-order valence-electron chi connectivity index (χ2n) is 4.89. The molecule has 5 heteroatoms. The van der Waals surface area contributed by atoms with Crippen molar-refractivity contribution in [2.45, 2.75) is 6.54 Å². The number of hydrogen-bond acceptors (Lipinski definition) is 4. The van der Waals surface area contributed by atoms with E-state index in [0.717, 1.165) is 22.0 Å². The van der Waals surface area contributed by atoms with Gasteiger partial charge in [-0.2, -0.15) is 0 Å². The second kappa shape index (κ2) is 6.24. The third-order valence-electron chi connectivity index (χ3n) is 3.48. The SMILES string of the molecule is O=C(NO)c1ccc(CNc2cccc3cnccc23)cc1. The van der Waals surface area contributed by atoms with Gasteiger partial charge in [-0.1, -0.05) is 24.3 Å². The number of carbonyl (C=O) groups is 1. The van der Waals surface area contributed by atoms with Crippen molar-refractivity contribution < 1.29 is 10.0 Å². The number of benzene rings is 2. The monoisotopic (exact) mass is 293 g/mol. The van der Waals surface area contributed by atoms with Gasteiger partial charge in [0, 0.05) is 41.0 Å². The first-order valence-electron chi connectivity index (χ1n) is 6.88. The van der Waals surface area contributed by atoms with E-state index in [0.29, 0.717) is 12.1 Å². The summed E-state index contributed by atoms with van der Waals surface area (Å²) < 4.78 is 0. The highest BCUT2D eigenvalue weighted by atomic mass is 16.5. The summed E-state index contributed by atoms with van der Waals surface area (Å²) in [4.78, 5) is 15.4. The Bertz CT molecular complexity index is 795. The number of anilines is 1. The van der Waals surface area contributed by atoms with Crippen molar-refractivity contribution in [1.82, 2.24) is 10.5 Å². The molecule has 0 saturated carbocycles. The Balaban J connectivity index is 1.75. The zero-order valence-electron chi connectivity index (χ0n) is 11.8. The Hall–Kier alpha value is -2.92. The lowest BCUT2D eigenvalue weighted by Gasteiger charge is -2.10. The molecule has 3 rings (SSSR count). The molecule has 0 spiro atoms. The Morgan fingerprint density at radius 1 is 1.09 bits per heavy atom. The number of rotatable bonds is 4. The number of carbonyl (C=O) groups excluding carboxylic acids is 1. The quantitative estimate of drug-likeness (QED) is 0.511. The predicted octanol–water partition coefficient (Wildman–Crippen LogP) is 2.97. The Morgan fingerprint density at radius 2 is 1.91 bits per heavy atom. The maximum atomic E-state index is 11.3. The molecule has 1 aromatic heterocycles. The zero-order chi connectivity index (χ0) is 15.4. The van der Waals surface area contributed by atoms with E-state index in [1.165, 1.54) is 0 Å². The molecule has 0 aliphatic heterocycles. The van der Waals surface area contributed by atoms with Crippen LogP contribution in [0.15, 0.2) is 60.9 Å². The van der Waals surface area contributed by atoms with Gasteiger partial charge >= 0.3 is 0 Å². The maximum Gasteiger partial charge on any atom is 0.274 e. The molecule has 0 aliphatic rings. The van der Waals surface area contributed by atoms with Crippen LogP contribution < -0.4 is 10.8 Å².